The van der Waals surface area contributed by atoms with Crippen LogP contribution in [0.4, 0.5) is 0 Å². The number of pyridine rings is 1. The Balaban J connectivity index is 1.72. The third kappa shape index (κ3) is 3.85. The molecule has 0 saturated carbocycles. The second-order valence-corrected chi connectivity index (χ2v) is 10.3. The predicted molar refractivity (Wildman–Crippen MR) is 113 cm³/mol. The standard InChI is InChI=1S/C19H23N5O4S2/c1-12(2)22-18(25)17-16(14-5-4-6-20-19(14)29-17)15-11-24(7-8-28-15)30(26,27)13-9-21-23(3)10-13/h4-6,9-10,12,15H,7-8,11H2,1-3H3,(H,22,25)/t15-/m0/s1. The number of carbonyl (C=O) groups excluding carboxylic acids is 1. The minimum absolute atomic E-state index is 0.0294. The zero-order chi connectivity index (χ0) is 21.5. The van der Waals surface area contributed by atoms with Crippen LogP contribution >= 0.6 is 11.3 Å². The first-order valence-corrected chi connectivity index (χ1v) is 11.8. The first kappa shape index (κ1) is 20.9. The molecule has 0 radical (unpaired) electrons. The van der Waals surface area contributed by atoms with Gasteiger partial charge in [-0.05, 0) is 19.9 Å². The maximum atomic E-state index is 13.1. The van der Waals surface area contributed by atoms with E-state index in [-0.39, 0.29) is 36.5 Å². The molecule has 0 aromatic carbocycles. The molecule has 1 amide bonds. The van der Waals surface area contributed by atoms with Crippen molar-refractivity contribution in [3.8, 4) is 0 Å². The molecule has 1 N–H and O–H groups in total. The van der Waals surface area contributed by atoms with Crippen molar-refractivity contribution in [2.75, 3.05) is 19.7 Å². The van der Waals surface area contributed by atoms with Crippen LogP contribution < -0.4 is 5.32 Å². The average molecular weight is 450 g/mol. The third-order valence-electron chi connectivity index (χ3n) is 4.80. The van der Waals surface area contributed by atoms with Crippen LogP contribution in [0, 0.1) is 0 Å². The first-order valence-electron chi connectivity index (χ1n) is 9.56. The van der Waals surface area contributed by atoms with Crippen LogP contribution in [-0.4, -0.2) is 59.1 Å². The van der Waals surface area contributed by atoms with Gasteiger partial charge < -0.3 is 10.1 Å². The number of nitrogens with one attached hydrogen (secondary N) is 1. The molecule has 30 heavy (non-hydrogen) atoms. The summed E-state index contributed by atoms with van der Waals surface area (Å²) in [6.45, 7) is 4.36. The summed E-state index contributed by atoms with van der Waals surface area (Å²) < 4.78 is 35.0. The van der Waals surface area contributed by atoms with Crippen molar-refractivity contribution in [1.82, 2.24) is 24.4 Å². The zero-order valence-electron chi connectivity index (χ0n) is 16.9. The monoisotopic (exact) mass is 449 g/mol. The van der Waals surface area contributed by atoms with Gasteiger partial charge in [-0.2, -0.15) is 9.40 Å². The fraction of sp³-hybridized carbons (Fsp3) is 0.421. The van der Waals surface area contributed by atoms with E-state index < -0.39 is 16.1 Å². The van der Waals surface area contributed by atoms with E-state index in [1.807, 2.05) is 19.9 Å². The SMILES string of the molecule is CC(C)NC(=O)c1sc2ncccc2c1[C@@H]1CN(S(=O)(=O)c2cnn(C)c2)CCO1. The smallest absolute Gasteiger partial charge is 0.262 e. The van der Waals surface area contributed by atoms with E-state index in [1.54, 1.807) is 19.3 Å². The van der Waals surface area contributed by atoms with Crippen LogP contribution in [0.15, 0.2) is 35.6 Å². The number of fused-ring (bicyclic) bond motifs is 1. The van der Waals surface area contributed by atoms with E-state index in [2.05, 4.69) is 15.4 Å². The lowest BCUT2D eigenvalue weighted by Gasteiger charge is -2.32. The lowest BCUT2D eigenvalue weighted by molar-refractivity contribution is -0.00193. The fourth-order valence-corrected chi connectivity index (χ4v) is 5.98. The molecule has 1 aliphatic heterocycles. The number of carbonyl (C=O) groups is 1. The van der Waals surface area contributed by atoms with Crippen LogP contribution in [0.2, 0.25) is 0 Å². The second kappa shape index (κ2) is 8.06. The highest BCUT2D eigenvalue weighted by Crippen LogP contribution is 2.38. The van der Waals surface area contributed by atoms with Crippen molar-refractivity contribution >= 4 is 37.5 Å². The van der Waals surface area contributed by atoms with Crippen LogP contribution in [-0.2, 0) is 21.8 Å². The Bertz CT molecular complexity index is 1180. The van der Waals surface area contributed by atoms with Gasteiger partial charge in [0.2, 0.25) is 10.0 Å². The van der Waals surface area contributed by atoms with E-state index in [0.717, 1.165) is 10.2 Å². The second-order valence-electron chi connectivity index (χ2n) is 7.40. The van der Waals surface area contributed by atoms with E-state index in [0.29, 0.717) is 10.4 Å². The van der Waals surface area contributed by atoms with Crippen molar-refractivity contribution < 1.29 is 17.9 Å². The number of amides is 1. The highest BCUT2D eigenvalue weighted by atomic mass is 32.2. The van der Waals surface area contributed by atoms with E-state index in [4.69, 9.17) is 4.74 Å². The van der Waals surface area contributed by atoms with Crippen molar-refractivity contribution in [2.45, 2.75) is 30.9 Å². The molecule has 3 aromatic heterocycles. The molecule has 4 rings (SSSR count). The molecule has 0 unspecified atom stereocenters. The summed E-state index contributed by atoms with van der Waals surface area (Å²) in [6.07, 6.45) is 3.92. The first-order chi connectivity index (χ1) is 14.3. The van der Waals surface area contributed by atoms with Crippen molar-refractivity contribution in [3.63, 3.8) is 0 Å². The highest BCUT2D eigenvalue weighted by Gasteiger charge is 2.35. The fourth-order valence-electron chi connectivity index (χ4n) is 3.47. The molecule has 1 saturated heterocycles. The molecule has 11 heteroatoms. The molecule has 160 valence electrons. The van der Waals surface area contributed by atoms with Crippen molar-refractivity contribution in [3.05, 3.63) is 41.2 Å². The molecule has 9 nitrogen and oxygen atoms in total. The number of hydrogen-bond donors (Lipinski definition) is 1. The number of rotatable bonds is 5. The van der Waals surface area contributed by atoms with E-state index >= 15 is 0 Å². The number of morpholine rings is 1. The van der Waals surface area contributed by atoms with E-state index in [9.17, 15) is 13.2 Å². The molecular weight excluding hydrogens is 426 g/mol. The molecule has 4 heterocycles. The molecular formula is C19H23N5O4S2. The lowest BCUT2D eigenvalue weighted by Crippen LogP contribution is -2.42. The van der Waals surface area contributed by atoms with Gasteiger partial charge in [0, 0.05) is 49.5 Å². The molecule has 0 spiro atoms. The van der Waals surface area contributed by atoms with Crippen LogP contribution in [0.5, 0.6) is 0 Å². The summed E-state index contributed by atoms with van der Waals surface area (Å²) in [5.74, 6) is -0.209. The molecule has 3 aromatic rings. The highest BCUT2D eigenvalue weighted by molar-refractivity contribution is 7.89. The lowest BCUT2D eigenvalue weighted by atomic mass is 10.0. The van der Waals surface area contributed by atoms with Crippen LogP contribution in [0.3, 0.4) is 0 Å². The third-order valence-corrected chi connectivity index (χ3v) is 7.75. The van der Waals surface area contributed by atoms with Gasteiger partial charge in [-0.1, -0.05) is 6.07 Å². The largest absolute Gasteiger partial charge is 0.371 e. The topological polar surface area (TPSA) is 106 Å². The van der Waals surface area contributed by atoms with Gasteiger partial charge in [-0.3, -0.25) is 9.48 Å². The van der Waals surface area contributed by atoms with Gasteiger partial charge in [0.25, 0.3) is 5.91 Å². The van der Waals surface area contributed by atoms with Gasteiger partial charge in [0.15, 0.2) is 0 Å². The predicted octanol–water partition coefficient (Wildman–Crippen LogP) is 1.93. The Hall–Kier alpha value is -2.34. The Morgan fingerprint density at radius 1 is 1.40 bits per heavy atom. The van der Waals surface area contributed by atoms with Crippen LogP contribution in [0.25, 0.3) is 10.2 Å². The molecule has 1 aliphatic rings. The number of ether oxygens (including phenoxy) is 1. The summed E-state index contributed by atoms with van der Waals surface area (Å²) >= 11 is 1.29. The van der Waals surface area contributed by atoms with Crippen molar-refractivity contribution in [1.29, 1.82) is 0 Å². The molecule has 1 fully saturated rings. The van der Waals surface area contributed by atoms with E-state index in [1.165, 1.54) is 32.7 Å². The average Bonchev–Trinajstić information content (AvgIpc) is 3.32. The summed E-state index contributed by atoms with van der Waals surface area (Å²) in [5.41, 5.74) is 0.687. The Labute approximate surface area is 178 Å². The molecule has 1 atom stereocenters. The van der Waals surface area contributed by atoms with Gasteiger partial charge in [-0.25, -0.2) is 13.4 Å². The van der Waals surface area contributed by atoms with Gasteiger partial charge >= 0.3 is 0 Å². The molecule has 0 aliphatic carbocycles. The summed E-state index contributed by atoms with van der Waals surface area (Å²) in [5, 5.41) is 7.69. The normalized spacial score (nSPS) is 18.2. The maximum Gasteiger partial charge on any atom is 0.262 e. The quantitative estimate of drug-likeness (QED) is 0.638. The number of sulfonamides is 1. The summed E-state index contributed by atoms with van der Waals surface area (Å²) in [6, 6.07) is 3.66. The summed E-state index contributed by atoms with van der Waals surface area (Å²) in [4.78, 5) is 18.6. The zero-order valence-corrected chi connectivity index (χ0v) is 18.5. The van der Waals surface area contributed by atoms with Crippen molar-refractivity contribution in [2.24, 2.45) is 7.05 Å². The van der Waals surface area contributed by atoms with Gasteiger partial charge in [0.05, 0.1) is 18.9 Å². The maximum absolute atomic E-state index is 13.1. The minimum atomic E-state index is -3.71. The Kier molecular flexibility index (Phi) is 5.62. The molecule has 0 bridgehead atoms. The van der Waals surface area contributed by atoms with Crippen LogP contribution in [0.1, 0.15) is 35.2 Å². The minimum Gasteiger partial charge on any atom is -0.371 e. The van der Waals surface area contributed by atoms with Gasteiger partial charge in [0.1, 0.15) is 14.6 Å². The number of hydrogen-bond acceptors (Lipinski definition) is 7. The Morgan fingerprint density at radius 3 is 2.90 bits per heavy atom. The number of nitrogens with zero attached hydrogens (tertiary/aromatic N) is 4. The number of thiophene rings is 1. The Morgan fingerprint density at radius 2 is 2.20 bits per heavy atom. The van der Waals surface area contributed by atoms with Gasteiger partial charge in [-0.15, -0.1) is 11.3 Å². The number of aryl methyl sites for hydroxylation is 1. The summed E-state index contributed by atoms with van der Waals surface area (Å²) in [7, 11) is -2.04. The number of aromatic nitrogens is 3.